The first kappa shape index (κ1) is 40.6. The third-order valence-corrected chi connectivity index (χ3v) is 10.7. The second-order valence-corrected chi connectivity index (χ2v) is 14.7. The number of nitrogens with one attached hydrogen (secondary N) is 3. The summed E-state index contributed by atoms with van der Waals surface area (Å²) in [5.74, 6) is 0.875. The quantitative estimate of drug-likeness (QED) is 0.108. The standard InChI is InChI=1S/C41H54N8O7/c1-7-55-49(56-8-2)41(5,25-50)39(52)48-22-10-12-34(48)37-43-24-32(45-37)30-19-15-28(16-20-30)27-13-17-29(18-14-27)31-23-42-36(44-31)33-11-9-21-47(33)38(51)35(26(3)4)46-40(53)54-6/h13-20,23-24,26,33-35,50H,7-12,21-22,25H2,1-6H3,(H,42,44)(H,43,45)(H,46,53)/t33-,34-,35-,41+/m0/s1. The van der Waals surface area contributed by atoms with Crippen LogP contribution >= 0.6 is 0 Å². The van der Waals surface area contributed by atoms with E-state index in [0.29, 0.717) is 18.9 Å². The van der Waals surface area contributed by atoms with Crippen molar-refractivity contribution in [1.82, 2.24) is 40.3 Å². The summed E-state index contributed by atoms with van der Waals surface area (Å²) >= 11 is 0. The van der Waals surface area contributed by atoms with Crippen molar-refractivity contribution in [3.63, 3.8) is 0 Å². The third kappa shape index (κ3) is 8.36. The van der Waals surface area contributed by atoms with Gasteiger partial charge < -0.3 is 34.9 Å². The molecule has 0 saturated carbocycles. The van der Waals surface area contributed by atoms with Crippen molar-refractivity contribution < 1.29 is 33.9 Å². The molecule has 0 unspecified atom stereocenters. The molecule has 4 N–H and O–H groups in total. The van der Waals surface area contributed by atoms with Crippen LogP contribution in [-0.4, -0.2) is 110 Å². The number of H-pyrrole nitrogens is 2. The Bertz CT molecular complexity index is 1940. The van der Waals surface area contributed by atoms with Gasteiger partial charge in [-0.05, 0) is 79.9 Å². The molecular formula is C41H54N8O7. The Labute approximate surface area is 327 Å². The normalized spacial score (nSPS) is 18.7. The van der Waals surface area contributed by atoms with Gasteiger partial charge in [0, 0.05) is 13.1 Å². The van der Waals surface area contributed by atoms with Gasteiger partial charge in [0.1, 0.15) is 17.7 Å². The molecule has 4 atom stereocenters. The summed E-state index contributed by atoms with van der Waals surface area (Å²) in [6.07, 6.45) is 6.14. The van der Waals surface area contributed by atoms with E-state index in [9.17, 15) is 19.5 Å². The largest absolute Gasteiger partial charge is 0.453 e. The highest BCUT2D eigenvalue weighted by Gasteiger charge is 2.48. The number of methoxy groups -OCH3 is 1. The van der Waals surface area contributed by atoms with Gasteiger partial charge in [0.25, 0.3) is 5.91 Å². The van der Waals surface area contributed by atoms with Crippen LogP contribution < -0.4 is 5.32 Å². The lowest BCUT2D eigenvalue weighted by molar-refractivity contribution is -0.404. The molecule has 15 heteroatoms. The minimum Gasteiger partial charge on any atom is -0.453 e. The molecule has 0 spiro atoms. The third-order valence-electron chi connectivity index (χ3n) is 10.7. The number of hydrogen-bond acceptors (Lipinski definition) is 10. The van der Waals surface area contributed by atoms with E-state index in [1.54, 1.807) is 43.0 Å². The molecule has 3 amide bonds. The Morgan fingerprint density at radius 2 is 1.30 bits per heavy atom. The zero-order chi connectivity index (χ0) is 40.0. The predicted octanol–water partition coefficient (Wildman–Crippen LogP) is 5.80. The van der Waals surface area contributed by atoms with Crippen molar-refractivity contribution >= 4 is 17.9 Å². The van der Waals surface area contributed by atoms with Crippen molar-refractivity contribution in [2.24, 2.45) is 5.92 Å². The van der Waals surface area contributed by atoms with E-state index < -0.39 is 24.3 Å². The molecule has 15 nitrogen and oxygen atoms in total. The molecule has 4 heterocycles. The number of ether oxygens (including phenoxy) is 1. The molecule has 56 heavy (non-hydrogen) atoms. The highest BCUT2D eigenvalue weighted by atomic mass is 17.0. The number of hydroxylamine groups is 2. The number of hydrogen-bond donors (Lipinski definition) is 4. The first-order valence-electron chi connectivity index (χ1n) is 19.5. The average Bonchev–Trinajstić information content (AvgIpc) is 4.06. The molecule has 2 aliphatic heterocycles. The van der Waals surface area contributed by atoms with Gasteiger partial charge in [-0.1, -0.05) is 62.4 Å². The minimum absolute atomic E-state index is 0.106. The van der Waals surface area contributed by atoms with E-state index in [4.69, 9.17) is 14.4 Å². The number of rotatable bonds is 15. The van der Waals surface area contributed by atoms with Gasteiger partial charge in [-0.25, -0.2) is 14.8 Å². The molecule has 2 saturated heterocycles. The molecule has 2 fully saturated rings. The van der Waals surface area contributed by atoms with Crippen molar-refractivity contribution in [3.8, 4) is 33.6 Å². The van der Waals surface area contributed by atoms with Crippen molar-refractivity contribution in [2.45, 2.75) is 84.0 Å². The van der Waals surface area contributed by atoms with Gasteiger partial charge in [-0.2, -0.15) is 0 Å². The van der Waals surface area contributed by atoms with E-state index in [2.05, 4.69) is 49.5 Å². The van der Waals surface area contributed by atoms with E-state index in [-0.39, 0.29) is 43.0 Å². The van der Waals surface area contributed by atoms with Crippen LogP contribution in [-0.2, 0) is 24.0 Å². The molecule has 2 aromatic heterocycles. The van der Waals surface area contributed by atoms with Crippen LogP contribution in [0, 0.1) is 5.92 Å². The molecule has 300 valence electrons. The first-order valence-corrected chi connectivity index (χ1v) is 19.5. The average molecular weight is 771 g/mol. The van der Waals surface area contributed by atoms with Crippen LogP contribution in [0.25, 0.3) is 33.6 Å². The summed E-state index contributed by atoms with van der Waals surface area (Å²) in [5, 5.41) is 14.2. The number of alkyl carbamates (subject to hydrolysis) is 1. The van der Waals surface area contributed by atoms with Crippen molar-refractivity contribution in [3.05, 3.63) is 72.6 Å². The van der Waals surface area contributed by atoms with Gasteiger partial charge in [0.15, 0.2) is 5.54 Å². The zero-order valence-corrected chi connectivity index (χ0v) is 33.1. The monoisotopic (exact) mass is 770 g/mol. The molecular weight excluding hydrogens is 716 g/mol. The Morgan fingerprint density at radius 3 is 1.75 bits per heavy atom. The number of benzene rings is 2. The maximum absolute atomic E-state index is 13.9. The van der Waals surface area contributed by atoms with Crippen molar-refractivity contribution in [2.75, 3.05) is 40.0 Å². The molecule has 0 radical (unpaired) electrons. The molecule has 0 aliphatic carbocycles. The number of carbonyl (C=O) groups excluding carboxylic acids is 3. The van der Waals surface area contributed by atoms with Crippen LogP contribution in [0.2, 0.25) is 0 Å². The number of aromatic amines is 2. The SMILES string of the molecule is CCON(OCC)[C@](C)(CO)C(=O)N1CCC[C@H]1c1ncc(-c2ccc(-c3ccc(-c4cnc([C@@H]5CCCN5C(=O)[C@@H](NC(=O)OC)C(C)C)[nH]4)cc3)cc2)[nH]1. The van der Waals surface area contributed by atoms with Gasteiger partial charge in [-0.3, -0.25) is 19.3 Å². The number of aliphatic hydroxyl groups is 1. The van der Waals surface area contributed by atoms with Gasteiger partial charge in [-0.15, -0.1) is 0 Å². The number of likely N-dealkylation sites (tertiary alicyclic amines) is 2. The van der Waals surface area contributed by atoms with Crippen molar-refractivity contribution in [1.29, 1.82) is 0 Å². The molecule has 0 bridgehead atoms. The fraction of sp³-hybridized carbons (Fsp3) is 0.488. The van der Waals surface area contributed by atoms with Crippen LogP contribution in [0.1, 0.15) is 84.0 Å². The van der Waals surface area contributed by atoms with E-state index in [1.807, 2.05) is 38.1 Å². The van der Waals surface area contributed by atoms with Crippen LogP contribution in [0.15, 0.2) is 60.9 Å². The molecule has 2 aliphatic rings. The predicted molar refractivity (Wildman–Crippen MR) is 209 cm³/mol. The summed E-state index contributed by atoms with van der Waals surface area (Å²) in [6.45, 7) is 10.2. The maximum Gasteiger partial charge on any atom is 0.407 e. The van der Waals surface area contributed by atoms with Crippen LogP contribution in [0.4, 0.5) is 4.79 Å². The summed E-state index contributed by atoms with van der Waals surface area (Å²) < 4.78 is 4.75. The lowest BCUT2D eigenvalue weighted by Gasteiger charge is -2.39. The van der Waals surface area contributed by atoms with Crippen LogP contribution in [0.5, 0.6) is 0 Å². The Morgan fingerprint density at radius 1 is 0.839 bits per heavy atom. The smallest absolute Gasteiger partial charge is 0.407 e. The Hall–Kier alpha value is -5.09. The van der Waals surface area contributed by atoms with E-state index in [0.717, 1.165) is 70.4 Å². The molecule has 2 aromatic carbocycles. The summed E-state index contributed by atoms with van der Waals surface area (Å²) in [4.78, 5) is 70.3. The maximum atomic E-state index is 13.9. The summed E-state index contributed by atoms with van der Waals surface area (Å²) in [7, 11) is 1.29. The number of aliphatic hydroxyl groups excluding tert-OH is 1. The lowest BCUT2D eigenvalue weighted by atomic mass is 10.0. The van der Waals surface area contributed by atoms with Gasteiger partial charge in [0.05, 0.1) is 62.8 Å². The van der Waals surface area contributed by atoms with Gasteiger partial charge >= 0.3 is 6.09 Å². The van der Waals surface area contributed by atoms with Crippen LogP contribution in [0.3, 0.4) is 0 Å². The number of aromatic nitrogens is 4. The summed E-state index contributed by atoms with van der Waals surface area (Å²) in [5.41, 5.74) is 4.32. The molecule has 6 rings (SSSR count). The Kier molecular flexibility index (Phi) is 12.9. The first-order chi connectivity index (χ1) is 27.0. The second-order valence-electron chi connectivity index (χ2n) is 14.7. The highest BCUT2D eigenvalue weighted by Crippen LogP contribution is 2.36. The number of imidazole rings is 2. The second kappa shape index (κ2) is 17.8. The number of nitrogens with zero attached hydrogens (tertiary/aromatic N) is 5. The summed E-state index contributed by atoms with van der Waals surface area (Å²) in [6, 6.07) is 15.3. The number of carbonyl (C=O) groups is 3. The Balaban J connectivity index is 1.11. The lowest BCUT2D eigenvalue weighted by Crippen LogP contribution is -2.60. The topological polar surface area (TPSA) is 178 Å². The number of amides is 3. The fourth-order valence-corrected chi connectivity index (χ4v) is 7.55. The highest BCUT2D eigenvalue weighted by molar-refractivity contribution is 5.87. The van der Waals surface area contributed by atoms with Gasteiger partial charge in [0.2, 0.25) is 5.91 Å². The zero-order valence-electron chi connectivity index (χ0n) is 33.1. The fourth-order valence-electron chi connectivity index (χ4n) is 7.55. The minimum atomic E-state index is -1.41. The molecule has 4 aromatic rings. The van der Waals surface area contributed by atoms with E-state index >= 15 is 0 Å². The van der Waals surface area contributed by atoms with E-state index in [1.165, 1.54) is 7.11 Å².